The van der Waals surface area contributed by atoms with Gasteiger partial charge in [-0.25, -0.2) is 17.5 Å². The van der Waals surface area contributed by atoms with Crippen LogP contribution in [0.5, 0.6) is 0 Å². The summed E-state index contributed by atoms with van der Waals surface area (Å²) in [5.74, 6) is -0.725. The molecule has 4 aromatic heterocycles. The van der Waals surface area contributed by atoms with E-state index in [0.717, 1.165) is 44.9 Å². The molecule has 0 saturated heterocycles. The summed E-state index contributed by atoms with van der Waals surface area (Å²) < 4.78 is 40.1. The molecular formula is C31H28FN7O3S. The van der Waals surface area contributed by atoms with Gasteiger partial charge < -0.3 is 10.3 Å². The Bertz CT molecular complexity index is 2120. The molecule has 0 atom stereocenters. The van der Waals surface area contributed by atoms with E-state index in [1.54, 1.807) is 24.7 Å². The Morgan fingerprint density at radius 3 is 2.60 bits per heavy atom. The van der Waals surface area contributed by atoms with Gasteiger partial charge in [0, 0.05) is 40.5 Å². The van der Waals surface area contributed by atoms with E-state index in [0.29, 0.717) is 28.2 Å². The molecule has 0 saturated carbocycles. The Morgan fingerprint density at radius 1 is 0.977 bits per heavy atom. The lowest BCUT2D eigenvalue weighted by Gasteiger charge is -2.08. The zero-order chi connectivity index (χ0) is 30.3. The van der Waals surface area contributed by atoms with Gasteiger partial charge in [0.25, 0.3) is 0 Å². The number of aromatic nitrogens is 5. The zero-order valence-corrected chi connectivity index (χ0v) is 24.4. The van der Waals surface area contributed by atoms with E-state index in [4.69, 9.17) is 0 Å². The average molecular weight is 598 g/mol. The number of benzene rings is 2. The minimum Gasteiger partial charge on any atom is -0.353 e. The van der Waals surface area contributed by atoms with Crippen LogP contribution in [0.4, 0.5) is 10.1 Å². The van der Waals surface area contributed by atoms with Crippen molar-refractivity contribution in [2.75, 3.05) is 11.6 Å². The number of aromatic amines is 2. The molecule has 10 nitrogen and oxygen atoms in total. The first-order valence-electron chi connectivity index (χ1n) is 13.5. The summed E-state index contributed by atoms with van der Waals surface area (Å²) in [7, 11) is -3.43. The fourth-order valence-electron chi connectivity index (χ4n) is 4.87. The Morgan fingerprint density at radius 2 is 1.81 bits per heavy atom. The Kier molecular flexibility index (Phi) is 7.24. The summed E-state index contributed by atoms with van der Waals surface area (Å²) in [6, 6.07) is 15.9. The molecule has 6 aromatic rings. The average Bonchev–Trinajstić information content (AvgIpc) is 3.59. The summed E-state index contributed by atoms with van der Waals surface area (Å²) in [5.41, 5.74) is 6.89. The van der Waals surface area contributed by atoms with Crippen LogP contribution in [0, 0.1) is 11.7 Å². The van der Waals surface area contributed by atoms with E-state index < -0.39 is 15.8 Å². The number of carbonyl (C=O) groups is 1. The lowest BCUT2D eigenvalue weighted by molar-refractivity contribution is -0.118. The molecule has 0 fully saturated rings. The summed E-state index contributed by atoms with van der Waals surface area (Å²) in [4.78, 5) is 24.5. The van der Waals surface area contributed by atoms with E-state index in [1.807, 2.05) is 50.2 Å². The van der Waals surface area contributed by atoms with Gasteiger partial charge >= 0.3 is 0 Å². The number of hydrogen-bond acceptors (Lipinski definition) is 6. The number of halogens is 1. The summed E-state index contributed by atoms with van der Waals surface area (Å²) >= 11 is 0. The fourth-order valence-corrected chi connectivity index (χ4v) is 5.30. The second kappa shape index (κ2) is 11.0. The normalized spacial score (nSPS) is 11.9. The summed E-state index contributed by atoms with van der Waals surface area (Å²) in [6.07, 6.45) is 6.05. The van der Waals surface area contributed by atoms with Crippen molar-refractivity contribution in [1.82, 2.24) is 29.9 Å². The number of carbonyl (C=O) groups excluding carboxylic acids is 1. The van der Waals surface area contributed by atoms with Crippen LogP contribution in [0.1, 0.15) is 19.4 Å². The van der Waals surface area contributed by atoms with Gasteiger partial charge in [-0.05, 0) is 59.2 Å². The predicted octanol–water partition coefficient (Wildman–Crippen LogP) is 5.62. The van der Waals surface area contributed by atoms with Gasteiger partial charge in [0.15, 0.2) is 0 Å². The minimum absolute atomic E-state index is 0.0177. The summed E-state index contributed by atoms with van der Waals surface area (Å²) in [6.45, 7) is 3.63. The fraction of sp³-hybridized carbons (Fsp3) is 0.161. The van der Waals surface area contributed by atoms with Crippen LogP contribution in [0.25, 0.3) is 55.6 Å². The molecule has 0 unspecified atom stereocenters. The number of anilines is 1. The monoisotopic (exact) mass is 597 g/mol. The molecule has 4 heterocycles. The second-order valence-corrected chi connectivity index (χ2v) is 12.5. The SMILES string of the molecule is CC(C)C(=O)Nc1cncc(-c2cc3c(-c4cc5c(-c6cc(F)cc(CNS(C)(=O)=O)c6)cccc5[nH]4)n[nH]c3cn2)c1. The predicted molar refractivity (Wildman–Crippen MR) is 165 cm³/mol. The van der Waals surface area contributed by atoms with Crippen molar-refractivity contribution in [3.05, 3.63) is 84.6 Å². The number of fused-ring (bicyclic) bond motifs is 2. The van der Waals surface area contributed by atoms with Gasteiger partial charge in [-0.3, -0.25) is 19.9 Å². The second-order valence-electron chi connectivity index (χ2n) is 10.7. The lowest BCUT2D eigenvalue weighted by Crippen LogP contribution is -2.21. The molecule has 43 heavy (non-hydrogen) atoms. The van der Waals surface area contributed by atoms with E-state index in [9.17, 15) is 17.6 Å². The molecule has 6 rings (SSSR count). The molecule has 1 amide bonds. The Labute approximate surface area is 246 Å². The van der Waals surface area contributed by atoms with Gasteiger partial charge in [-0.2, -0.15) is 5.10 Å². The van der Waals surface area contributed by atoms with Crippen molar-refractivity contribution in [2.24, 2.45) is 5.92 Å². The number of rotatable bonds is 8. The molecule has 0 aliphatic rings. The number of nitrogens with one attached hydrogen (secondary N) is 4. The number of pyridine rings is 2. The standard InChI is InChI=1S/C31H28FN7O3S/c1-17(2)31(40)36-22-10-20(14-33-15-22)27-12-25-29(16-34-27)38-39-30(25)28-11-24-23(5-4-6-26(24)37-28)19-7-18(8-21(32)9-19)13-35-43(3,41)42/h4-12,14-17,35,37H,13H2,1-3H3,(H,36,40)(H,38,39). The van der Waals surface area contributed by atoms with Crippen LogP contribution in [-0.2, 0) is 21.4 Å². The van der Waals surface area contributed by atoms with Crippen LogP contribution in [0.2, 0.25) is 0 Å². The van der Waals surface area contributed by atoms with E-state index in [1.165, 1.54) is 12.1 Å². The van der Waals surface area contributed by atoms with E-state index in [-0.39, 0.29) is 18.4 Å². The zero-order valence-electron chi connectivity index (χ0n) is 23.6. The van der Waals surface area contributed by atoms with Crippen LogP contribution in [0.3, 0.4) is 0 Å². The highest BCUT2D eigenvalue weighted by molar-refractivity contribution is 7.88. The van der Waals surface area contributed by atoms with E-state index >= 15 is 0 Å². The van der Waals surface area contributed by atoms with Gasteiger partial charge in [0.2, 0.25) is 15.9 Å². The third-order valence-corrected chi connectivity index (χ3v) is 7.67. The smallest absolute Gasteiger partial charge is 0.226 e. The van der Waals surface area contributed by atoms with Gasteiger partial charge in [-0.15, -0.1) is 0 Å². The van der Waals surface area contributed by atoms with Crippen LogP contribution < -0.4 is 10.0 Å². The number of H-pyrrole nitrogens is 2. The minimum atomic E-state index is -3.43. The van der Waals surface area contributed by atoms with Crippen LogP contribution in [0.15, 0.2) is 73.2 Å². The maximum Gasteiger partial charge on any atom is 0.226 e. The number of sulfonamides is 1. The lowest BCUT2D eigenvalue weighted by atomic mass is 9.99. The highest BCUT2D eigenvalue weighted by Gasteiger charge is 2.16. The number of nitrogens with zero attached hydrogens (tertiary/aromatic N) is 3. The molecule has 0 aliphatic carbocycles. The molecule has 0 radical (unpaired) electrons. The maximum absolute atomic E-state index is 14.6. The highest BCUT2D eigenvalue weighted by atomic mass is 32.2. The first-order valence-corrected chi connectivity index (χ1v) is 15.4. The van der Waals surface area contributed by atoms with Crippen molar-refractivity contribution in [2.45, 2.75) is 20.4 Å². The molecule has 0 bridgehead atoms. The number of amides is 1. The van der Waals surface area contributed by atoms with Gasteiger partial charge in [0.05, 0.1) is 41.2 Å². The van der Waals surface area contributed by atoms with Crippen molar-refractivity contribution in [3.63, 3.8) is 0 Å². The molecular weight excluding hydrogens is 569 g/mol. The van der Waals surface area contributed by atoms with Crippen molar-refractivity contribution in [3.8, 4) is 33.8 Å². The van der Waals surface area contributed by atoms with Crippen LogP contribution >= 0.6 is 0 Å². The Hall–Kier alpha value is -4.94. The molecule has 4 N–H and O–H groups in total. The third kappa shape index (κ3) is 6.01. The van der Waals surface area contributed by atoms with E-state index in [2.05, 4.69) is 35.2 Å². The highest BCUT2D eigenvalue weighted by Crippen LogP contribution is 2.35. The van der Waals surface area contributed by atoms with Gasteiger partial charge in [0.1, 0.15) is 11.5 Å². The largest absolute Gasteiger partial charge is 0.353 e. The number of hydrogen-bond donors (Lipinski definition) is 4. The summed E-state index contributed by atoms with van der Waals surface area (Å²) in [5, 5.41) is 12.1. The van der Waals surface area contributed by atoms with Crippen molar-refractivity contribution in [1.29, 1.82) is 0 Å². The topological polar surface area (TPSA) is 146 Å². The molecule has 0 aliphatic heterocycles. The Balaban J connectivity index is 1.38. The molecule has 218 valence electrons. The maximum atomic E-state index is 14.6. The first kappa shape index (κ1) is 28.2. The van der Waals surface area contributed by atoms with Crippen molar-refractivity contribution < 1.29 is 17.6 Å². The quantitative estimate of drug-likeness (QED) is 0.179. The molecule has 2 aromatic carbocycles. The van der Waals surface area contributed by atoms with Gasteiger partial charge in [-0.1, -0.05) is 26.0 Å². The molecule has 0 spiro atoms. The van der Waals surface area contributed by atoms with Crippen molar-refractivity contribution >= 4 is 43.4 Å². The third-order valence-electron chi connectivity index (χ3n) is 7.00. The molecule has 12 heteroatoms. The van der Waals surface area contributed by atoms with Crippen LogP contribution in [-0.4, -0.2) is 45.7 Å². The first-order chi connectivity index (χ1) is 20.5.